The highest BCUT2D eigenvalue weighted by Crippen LogP contribution is 2.11. The van der Waals surface area contributed by atoms with E-state index in [9.17, 15) is 9.59 Å². The van der Waals surface area contributed by atoms with Crippen LogP contribution in [0, 0.1) is 0 Å². The lowest BCUT2D eigenvalue weighted by molar-refractivity contribution is -0.121. The summed E-state index contributed by atoms with van der Waals surface area (Å²) < 4.78 is 0. The van der Waals surface area contributed by atoms with E-state index in [1.165, 1.54) is 0 Å². The molecule has 0 aliphatic heterocycles. The highest BCUT2D eigenvalue weighted by atomic mass is 16.2. The molecule has 0 radical (unpaired) electrons. The van der Waals surface area contributed by atoms with Gasteiger partial charge < -0.3 is 4.98 Å². The number of nitrogens with one attached hydrogen (secondary N) is 2. The van der Waals surface area contributed by atoms with Crippen molar-refractivity contribution in [1.82, 2.24) is 15.4 Å². The van der Waals surface area contributed by atoms with Crippen LogP contribution < -0.4 is 11.3 Å². The van der Waals surface area contributed by atoms with Crippen LogP contribution >= 0.6 is 0 Å². The fourth-order valence-electron chi connectivity index (χ4n) is 1.50. The Hall–Kier alpha value is -2.21. The first kappa shape index (κ1) is 11.3. The average Bonchev–Trinajstić information content (AvgIpc) is 2.79. The van der Waals surface area contributed by atoms with E-state index in [0.717, 1.165) is 11.0 Å². The smallest absolute Gasteiger partial charge is 0.234 e. The minimum absolute atomic E-state index is 0.0619. The first-order valence-electron chi connectivity index (χ1n) is 5.18. The number of amides is 1. The topological polar surface area (TPSA) is 101 Å². The van der Waals surface area contributed by atoms with Gasteiger partial charge in [0.1, 0.15) is 0 Å². The van der Waals surface area contributed by atoms with Crippen molar-refractivity contribution in [1.29, 1.82) is 0 Å². The number of Topliss-reactive ketones (excluding diaryl/α,β-unsaturated/α-hetero) is 1. The predicted octanol–water partition coefficient (Wildman–Crippen LogP) is 0.516. The number of imidazole rings is 1. The minimum Gasteiger partial charge on any atom is -0.335 e. The largest absolute Gasteiger partial charge is 0.335 e. The zero-order chi connectivity index (χ0) is 12.3. The van der Waals surface area contributed by atoms with E-state index in [2.05, 4.69) is 9.97 Å². The Morgan fingerprint density at radius 3 is 2.76 bits per heavy atom. The molecule has 0 spiro atoms. The Bertz CT molecular complexity index is 528. The lowest BCUT2D eigenvalue weighted by Gasteiger charge is -1.96. The molecule has 0 unspecified atom stereocenters. The molecule has 0 fully saturated rings. The third-order valence-electron chi connectivity index (χ3n) is 2.39. The van der Waals surface area contributed by atoms with Gasteiger partial charge in [-0.05, 0) is 12.1 Å². The van der Waals surface area contributed by atoms with Gasteiger partial charge in [0.25, 0.3) is 0 Å². The summed E-state index contributed by atoms with van der Waals surface area (Å²) in [5.41, 5.74) is 3.52. The van der Waals surface area contributed by atoms with E-state index in [0.29, 0.717) is 0 Å². The monoisotopic (exact) mass is 232 g/mol. The molecule has 6 heteroatoms. The summed E-state index contributed by atoms with van der Waals surface area (Å²) in [7, 11) is 0. The number of aromatic amines is 1. The molecule has 4 N–H and O–H groups in total. The molecular weight excluding hydrogens is 220 g/mol. The zero-order valence-electron chi connectivity index (χ0n) is 9.06. The standard InChI is InChI=1S/C11H12N4O2/c12-15-10(17)6-5-9(16)11-13-7-3-1-2-4-8(7)14-11/h1-4H,5-6,12H2,(H,13,14)(H,15,17). The number of H-pyrrole nitrogens is 1. The molecule has 0 saturated heterocycles. The number of hydrogen-bond acceptors (Lipinski definition) is 4. The lowest BCUT2D eigenvalue weighted by atomic mass is 10.2. The van der Waals surface area contributed by atoms with E-state index >= 15 is 0 Å². The lowest BCUT2D eigenvalue weighted by Crippen LogP contribution is -2.30. The third kappa shape index (κ3) is 2.48. The van der Waals surface area contributed by atoms with Crippen LogP contribution in [0.5, 0.6) is 0 Å². The first-order valence-corrected chi connectivity index (χ1v) is 5.18. The normalized spacial score (nSPS) is 10.4. The quantitative estimate of drug-likeness (QED) is 0.309. The Morgan fingerprint density at radius 1 is 1.29 bits per heavy atom. The van der Waals surface area contributed by atoms with E-state index in [1.54, 1.807) is 0 Å². The second-order valence-corrected chi connectivity index (χ2v) is 3.59. The molecule has 17 heavy (non-hydrogen) atoms. The van der Waals surface area contributed by atoms with Crippen LogP contribution in [0.2, 0.25) is 0 Å². The molecule has 6 nitrogen and oxygen atoms in total. The molecule has 1 aromatic carbocycles. The second kappa shape index (κ2) is 4.75. The summed E-state index contributed by atoms with van der Waals surface area (Å²) in [6.07, 6.45) is 0.148. The van der Waals surface area contributed by atoms with Crippen molar-refractivity contribution in [3.63, 3.8) is 0 Å². The maximum absolute atomic E-state index is 11.7. The SMILES string of the molecule is NNC(=O)CCC(=O)c1nc2ccccc2[nH]1. The zero-order valence-corrected chi connectivity index (χ0v) is 9.06. The molecule has 0 aliphatic rings. The number of carbonyl (C=O) groups excluding carboxylic acids is 2. The van der Waals surface area contributed by atoms with Crippen LogP contribution in [0.4, 0.5) is 0 Å². The molecule has 0 aliphatic carbocycles. The fraction of sp³-hybridized carbons (Fsp3) is 0.182. The van der Waals surface area contributed by atoms with Crippen molar-refractivity contribution >= 4 is 22.7 Å². The van der Waals surface area contributed by atoms with E-state index in [4.69, 9.17) is 5.84 Å². The summed E-state index contributed by atoms with van der Waals surface area (Å²) in [6, 6.07) is 7.36. The van der Waals surface area contributed by atoms with Crippen molar-refractivity contribution in [2.24, 2.45) is 5.84 Å². The van der Waals surface area contributed by atoms with Gasteiger partial charge in [-0.15, -0.1) is 0 Å². The maximum Gasteiger partial charge on any atom is 0.234 e. The number of fused-ring (bicyclic) bond motifs is 1. The molecule has 2 rings (SSSR count). The van der Waals surface area contributed by atoms with Crippen LogP contribution in [0.15, 0.2) is 24.3 Å². The predicted molar refractivity (Wildman–Crippen MR) is 62.0 cm³/mol. The number of ketones is 1. The van der Waals surface area contributed by atoms with Crippen molar-refractivity contribution < 1.29 is 9.59 Å². The van der Waals surface area contributed by atoms with Gasteiger partial charge in [0.15, 0.2) is 11.6 Å². The van der Waals surface area contributed by atoms with Crippen molar-refractivity contribution in [3.05, 3.63) is 30.1 Å². The number of carbonyl (C=O) groups is 2. The molecular formula is C11H12N4O2. The van der Waals surface area contributed by atoms with Crippen LogP contribution in [0.1, 0.15) is 23.5 Å². The number of aromatic nitrogens is 2. The molecule has 1 aromatic heterocycles. The summed E-state index contributed by atoms with van der Waals surface area (Å²) in [4.78, 5) is 29.7. The summed E-state index contributed by atoms with van der Waals surface area (Å²) in [5.74, 6) is 4.63. The van der Waals surface area contributed by atoms with Gasteiger partial charge in [-0.3, -0.25) is 15.0 Å². The van der Waals surface area contributed by atoms with Crippen LogP contribution in [-0.2, 0) is 4.79 Å². The van der Waals surface area contributed by atoms with Gasteiger partial charge >= 0.3 is 0 Å². The molecule has 0 bridgehead atoms. The van der Waals surface area contributed by atoms with Crippen LogP contribution in [-0.4, -0.2) is 21.7 Å². The molecule has 1 amide bonds. The summed E-state index contributed by atoms with van der Waals surface area (Å²) in [5, 5.41) is 0. The second-order valence-electron chi connectivity index (χ2n) is 3.59. The molecule has 0 atom stereocenters. The highest BCUT2D eigenvalue weighted by molar-refractivity contribution is 5.97. The van der Waals surface area contributed by atoms with Gasteiger partial charge in [0.05, 0.1) is 11.0 Å². The highest BCUT2D eigenvalue weighted by Gasteiger charge is 2.12. The van der Waals surface area contributed by atoms with Crippen LogP contribution in [0.3, 0.4) is 0 Å². The Balaban J connectivity index is 2.11. The van der Waals surface area contributed by atoms with E-state index < -0.39 is 0 Å². The average molecular weight is 232 g/mol. The molecule has 1 heterocycles. The van der Waals surface area contributed by atoms with Gasteiger partial charge in [0, 0.05) is 12.8 Å². The van der Waals surface area contributed by atoms with Gasteiger partial charge in [0.2, 0.25) is 5.91 Å². The van der Waals surface area contributed by atoms with Gasteiger partial charge in [-0.2, -0.15) is 0 Å². The van der Waals surface area contributed by atoms with E-state index in [1.807, 2.05) is 29.7 Å². The summed E-state index contributed by atoms with van der Waals surface area (Å²) >= 11 is 0. The van der Waals surface area contributed by atoms with Crippen molar-refractivity contribution in [2.45, 2.75) is 12.8 Å². The maximum atomic E-state index is 11.7. The number of para-hydroxylation sites is 2. The van der Waals surface area contributed by atoms with Gasteiger partial charge in [-0.25, -0.2) is 10.8 Å². The summed E-state index contributed by atoms with van der Waals surface area (Å²) in [6.45, 7) is 0. The number of rotatable bonds is 4. The molecule has 88 valence electrons. The molecule has 2 aromatic rings. The third-order valence-corrected chi connectivity index (χ3v) is 2.39. The number of benzene rings is 1. The minimum atomic E-state index is -0.366. The number of hydrogen-bond donors (Lipinski definition) is 3. The van der Waals surface area contributed by atoms with Crippen molar-refractivity contribution in [2.75, 3.05) is 0 Å². The number of nitrogens with zero attached hydrogens (tertiary/aromatic N) is 1. The Morgan fingerprint density at radius 2 is 2.06 bits per heavy atom. The fourth-order valence-corrected chi connectivity index (χ4v) is 1.50. The molecule has 0 saturated carbocycles. The number of nitrogens with two attached hydrogens (primary N) is 1. The van der Waals surface area contributed by atoms with Crippen LogP contribution in [0.25, 0.3) is 11.0 Å². The number of hydrazine groups is 1. The van der Waals surface area contributed by atoms with Gasteiger partial charge in [-0.1, -0.05) is 12.1 Å². The Kier molecular flexibility index (Phi) is 3.15. The van der Waals surface area contributed by atoms with E-state index in [-0.39, 0.29) is 30.4 Å². The Labute approximate surface area is 97.2 Å². The van der Waals surface area contributed by atoms with Crippen molar-refractivity contribution in [3.8, 4) is 0 Å². The first-order chi connectivity index (χ1) is 8.20.